The first-order chi connectivity index (χ1) is 22.7. The fourth-order valence-electron chi connectivity index (χ4n) is 4.96. The van der Waals surface area contributed by atoms with Gasteiger partial charge in [0.15, 0.2) is 11.7 Å². The fourth-order valence-corrected chi connectivity index (χ4v) is 4.96. The van der Waals surface area contributed by atoms with Crippen molar-refractivity contribution in [1.29, 1.82) is 0 Å². The average molecular weight is 876 g/mol. The molecule has 2 saturated heterocycles. The standard InChI is InChI=1S/C31H37FN5O3.C7H7.U/c1-4-5-6-15-33-24(3)36-18-16-35(17-19-36)22-30(38)29-21-37(29)20-23(2)31(39)34-26-9-13-28(14-10-26)40-27-11-7-25(32)8-12-27;1-7-5-3-2-4-6-7;/h4-15,23,29H,2,16-22H2,1,3H3,(H,34,39);2-6H,1H2;/q2*-1;+2/b5-4+,15-6-,33-24?;;/t23-,29?,37?;;/m1../s1. The van der Waals surface area contributed by atoms with Gasteiger partial charge in [-0.05, 0) is 75.0 Å². The molecular weight excluding hydrogens is 831 g/mol. The Morgan fingerprint density at radius 3 is 2.19 bits per heavy atom. The number of ketones is 1. The summed E-state index contributed by atoms with van der Waals surface area (Å²) in [5.74, 6) is 1.22. The zero-order chi connectivity index (χ0) is 33.6. The SMILES string of the molecule is [CH2-][C@H](CN1CC1C(=O)CN1CCN(C(C)=N/C=C\C=C\C)CC1)C(=O)Nc1ccc(Oc2ccc(F)cc2)cc1.[CH2-]c1ccccc1.[U+2]. The van der Waals surface area contributed by atoms with Crippen molar-refractivity contribution in [2.24, 2.45) is 10.9 Å². The zero-order valence-electron chi connectivity index (χ0n) is 27.7. The Morgan fingerprint density at radius 2 is 1.60 bits per heavy atom. The number of rotatable bonds is 11. The molecule has 0 spiro atoms. The number of anilines is 1. The number of allylic oxidation sites excluding steroid dienone is 3. The van der Waals surface area contributed by atoms with Crippen molar-refractivity contribution in [3.05, 3.63) is 129 Å². The van der Waals surface area contributed by atoms with Crippen molar-refractivity contribution < 1.29 is 49.8 Å². The van der Waals surface area contributed by atoms with Gasteiger partial charge in [-0.2, -0.15) is 24.6 Å². The number of carbonyl (C=O) groups is 2. The van der Waals surface area contributed by atoms with Gasteiger partial charge >= 0.3 is 31.1 Å². The van der Waals surface area contributed by atoms with E-state index in [1.54, 1.807) is 42.6 Å². The van der Waals surface area contributed by atoms with Gasteiger partial charge in [0.1, 0.15) is 23.2 Å². The number of hydrogen-bond acceptors (Lipinski definition) is 6. The normalized spacial score (nSPS) is 18.4. The number of aliphatic imine (C=N–C) groups is 1. The van der Waals surface area contributed by atoms with Crippen molar-refractivity contribution in [2.75, 3.05) is 51.1 Å². The Labute approximate surface area is 308 Å². The first-order valence-corrected chi connectivity index (χ1v) is 15.8. The fraction of sp³-hybridized carbons (Fsp3) is 0.289. The van der Waals surface area contributed by atoms with Crippen LogP contribution in [0.15, 0.2) is 108 Å². The van der Waals surface area contributed by atoms with E-state index in [4.69, 9.17) is 4.74 Å². The summed E-state index contributed by atoms with van der Waals surface area (Å²) in [6.07, 6.45) is 7.61. The number of carbonyl (C=O) groups excluding carboxylic acids is 2. The molecule has 1 amide bonds. The van der Waals surface area contributed by atoms with Crippen LogP contribution in [0.1, 0.15) is 19.4 Å². The van der Waals surface area contributed by atoms with Crippen molar-refractivity contribution in [1.82, 2.24) is 14.7 Å². The van der Waals surface area contributed by atoms with Crippen LogP contribution in [0, 0.1) is 56.7 Å². The topological polar surface area (TPSA) is 77.2 Å². The van der Waals surface area contributed by atoms with E-state index in [2.05, 4.69) is 34.0 Å². The molecule has 250 valence electrons. The molecular formula is C38H44FN5O3U. The number of nitrogens with one attached hydrogen (secondary N) is 1. The van der Waals surface area contributed by atoms with E-state index in [9.17, 15) is 14.0 Å². The second-order valence-corrected chi connectivity index (χ2v) is 11.5. The molecule has 3 atom stereocenters. The second-order valence-electron chi connectivity index (χ2n) is 11.5. The molecule has 48 heavy (non-hydrogen) atoms. The van der Waals surface area contributed by atoms with E-state index in [0.717, 1.165) is 37.6 Å². The molecule has 2 fully saturated rings. The minimum atomic E-state index is -0.513. The van der Waals surface area contributed by atoms with E-state index < -0.39 is 5.92 Å². The maximum atomic E-state index is 13.1. The molecule has 1 N–H and O–H groups in total. The van der Waals surface area contributed by atoms with Crippen LogP contribution in [0.2, 0.25) is 0 Å². The van der Waals surface area contributed by atoms with Crippen molar-refractivity contribution in [3.63, 3.8) is 0 Å². The van der Waals surface area contributed by atoms with Crippen LogP contribution in [-0.4, -0.2) is 84.1 Å². The van der Waals surface area contributed by atoms with Crippen LogP contribution in [-0.2, 0) is 9.59 Å². The first-order valence-electron chi connectivity index (χ1n) is 15.8. The van der Waals surface area contributed by atoms with Crippen molar-refractivity contribution in [3.8, 4) is 11.5 Å². The molecule has 3 aromatic carbocycles. The molecule has 10 heteroatoms. The minimum Gasteiger partial charge on any atom is -0.457 e. The summed E-state index contributed by atoms with van der Waals surface area (Å²) < 4.78 is 18.7. The number of halogens is 1. The van der Waals surface area contributed by atoms with Crippen LogP contribution in [0.5, 0.6) is 11.5 Å². The maximum absolute atomic E-state index is 13.1. The molecule has 0 saturated carbocycles. The summed E-state index contributed by atoms with van der Waals surface area (Å²) >= 11 is 0. The number of ether oxygens (including phenoxy) is 1. The number of nitrogens with zero attached hydrogens (tertiary/aromatic N) is 4. The first kappa shape index (κ1) is 38.8. The quantitative estimate of drug-likeness (QED) is 0.0808. The van der Waals surface area contributed by atoms with Crippen molar-refractivity contribution >= 4 is 23.2 Å². The zero-order valence-corrected chi connectivity index (χ0v) is 31.9. The van der Waals surface area contributed by atoms with Gasteiger partial charge in [0.2, 0.25) is 0 Å². The minimum absolute atomic E-state index is 0. The van der Waals surface area contributed by atoms with Gasteiger partial charge < -0.3 is 21.9 Å². The van der Waals surface area contributed by atoms with Crippen LogP contribution < -0.4 is 10.1 Å². The third kappa shape index (κ3) is 13.1. The van der Waals surface area contributed by atoms with E-state index >= 15 is 0 Å². The molecule has 2 heterocycles. The van der Waals surface area contributed by atoms with Gasteiger partial charge in [-0.1, -0.05) is 24.1 Å². The monoisotopic (exact) mass is 875 g/mol. The second kappa shape index (κ2) is 20.0. The van der Waals surface area contributed by atoms with Gasteiger partial charge in [0.05, 0.1) is 12.6 Å². The van der Waals surface area contributed by atoms with Gasteiger partial charge in [-0.25, -0.2) is 9.38 Å². The predicted octanol–water partition coefficient (Wildman–Crippen LogP) is 6.25. The molecule has 3 aromatic rings. The third-order valence-electron chi connectivity index (χ3n) is 7.79. The smallest absolute Gasteiger partial charge is 0.457 e. The Morgan fingerprint density at radius 1 is 0.979 bits per heavy atom. The maximum Gasteiger partial charge on any atom is 2.00 e. The van der Waals surface area contributed by atoms with E-state index in [0.29, 0.717) is 36.8 Å². The molecule has 2 aliphatic rings. The summed E-state index contributed by atoms with van der Waals surface area (Å²) in [5, 5.41) is 2.87. The number of Topliss-reactive ketones (excluding diaryl/α,β-unsaturated/α-hetero) is 1. The average Bonchev–Trinajstić information content (AvgIpc) is 3.85. The number of piperazine rings is 1. The summed E-state index contributed by atoms with van der Waals surface area (Å²) in [6, 6.07) is 22.4. The molecule has 0 bridgehead atoms. The number of amides is 1. The van der Waals surface area contributed by atoms with E-state index in [1.807, 2.05) is 67.3 Å². The summed E-state index contributed by atoms with van der Waals surface area (Å²) in [5.41, 5.74) is 1.69. The molecule has 0 radical (unpaired) electrons. The summed E-state index contributed by atoms with van der Waals surface area (Å²) in [4.78, 5) is 36.4. The molecule has 5 rings (SSSR count). The van der Waals surface area contributed by atoms with Gasteiger partial charge in [-0.15, -0.1) is 12.1 Å². The molecule has 0 aliphatic carbocycles. The summed E-state index contributed by atoms with van der Waals surface area (Å²) in [6.45, 7) is 16.5. The van der Waals surface area contributed by atoms with Gasteiger partial charge in [0, 0.05) is 44.6 Å². The Hall–Kier alpha value is -3.68. The van der Waals surface area contributed by atoms with Crippen LogP contribution in [0.25, 0.3) is 0 Å². The molecule has 0 aromatic heterocycles. The largest absolute Gasteiger partial charge is 2.00 e. The van der Waals surface area contributed by atoms with Gasteiger partial charge in [-0.3, -0.25) is 19.4 Å². The molecule has 2 unspecified atom stereocenters. The summed E-state index contributed by atoms with van der Waals surface area (Å²) in [7, 11) is 0. The third-order valence-corrected chi connectivity index (χ3v) is 7.79. The van der Waals surface area contributed by atoms with Crippen LogP contribution >= 0.6 is 0 Å². The number of amidine groups is 1. The number of hydrogen-bond donors (Lipinski definition) is 1. The molecule has 2 aliphatic heterocycles. The molecule has 8 nitrogen and oxygen atoms in total. The van der Waals surface area contributed by atoms with Crippen molar-refractivity contribution in [2.45, 2.75) is 19.9 Å². The Bertz CT molecular complexity index is 1520. The predicted molar refractivity (Wildman–Crippen MR) is 187 cm³/mol. The van der Waals surface area contributed by atoms with Crippen LogP contribution in [0.3, 0.4) is 0 Å². The van der Waals surface area contributed by atoms with Crippen LogP contribution in [0.4, 0.5) is 10.1 Å². The van der Waals surface area contributed by atoms with Gasteiger partial charge in [0.25, 0.3) is 0 Å². The Balaban J connectivity index is 0.000000693. The number of benzene rings is 3. The van der Waals surface area contributed by atoms with E-state index in [1.165, 1.54) is 12.1 Å². The van der Waals surface area contributed by atoms with E-state index in [-0.39, 0.29) is 54.7 Å². The Kier molecular flexibility index (Phi) is 16.1.